The maximum atomic E-state index is 13.2. The van der Waals surface area contributed by atoms with Crippen LogP contribution in [0.15, 0.2) is 48.7 Å². The number of pyridine rings is 1. The highest BCUT2D eigenvalue weighted by molar-refractivity contribution is 5.91. The summed E-state index contributed by atoms with van der Waals surface area (Å²) in [4.78, 5) is 18.1. The summed E-state index contributed by atoms with van der Waals surface area (Å²) in [6.45, 7) is 1.25. The first-order chi connectivity index (χ1) is 12.5. The van der Waals surface area contributed by atoms with Gasteiger partial charge in [-0.3, -0.25) is 9.69 Å². The molecule has 3 rings (SSSR count). The zero-order chi connectivity index (χ0) is 18.4. The van der Waals surface area contributed by atoms with Crippen LogP contribution in [0.5, 0.6) is 5.75 Å². The van der Waals surface area contributed by atoms with Crippen molar-refractivity contribution in [2.75, 3.05) is 31.6 Å². The predicted octanol–water partition coefficient (Wildman–Crippen LogP) is 2.07. The first-order valence-electron chi connectivity index (χ1n) is 8.56. The fourth-order valence-corrected chi connectivity index (χ4v) is 3.06. The lowest BCUT2D eigenvalue weighted by molar-refractivity contribution is -0.119. The number of carbonyl (C=O) groups excluding carboxylic acids is 1. The number of carbonyl (C=O) groups is 1. The first kappa shape index (κ1) is 18.3. The van der Waals surface area contributed by atoms with Gasteiger partial charge in [-0.1, -0.05) is 12.1 Å². The van der Waals surface area contributed by atoms with Gasteiger partial charge in [0.05, 0.1) is 6.54 Å². The number of aliphatic hydroxyl groups is 1. The molecule has 1 unspecified atom stereocenters. The number of amides is 1. The number of rotatable bonds is 6. The Bertz CT molecular complexity index is 744. The molecule has 0 bridgehead atoms. The molecular weight excluding hydrogens is 337 g/mol. The number of aromatic nitrogens is 1. The molecule has 0 radical (unpaired) electrons. The maximum absolute atomic E-state index is 13.2. The van der Waals surface area contributed by atoms with Crippen molar-refractivity contribution in [3.63, 3.8) is 0 Å². The van der Waals surface area contributed by atoms with Crippen LogP contribution < -0.4 is 10.1 Å². The third-order valence-electron chi connectivity index (χ3n) is 4.24. The Hall–Kier alpha value is -2.51. The number of halogens is 1. The van der Waals surface area contributed by atoms with Crippen LogP contribution in [0.25, 0.3) is 0 Å². The molecule has 2 heterocycles. The molecule has 6 nitrogen and oxygen atoms in total. The van der Waals surface area contributed by atoms with E-state index in [0.717, 1.165) is 13.0 Å². The molecule has 1 aliphatic heterocycles. The van der Waals surface area contributed by atoms with Crippen LogP contribution in [-0.2, 0) is 4.79 Å². The summed E-state index contributed by atoms with van der Waals surface area (Å²) in [6, 6.07) is 11.1. The average molecular weight is 359 g/mol. The normalized spacial score (nSPS) is 20.5. The number of nitrogens with one attached hydrogen (secondary N) is 1. The summed E-state index contributed by atoms with van der Waals surface area (Å²) in [6.07, 6.45) is 2.93. The fourth-order valence-electron chi connectivity index (χ4n) is 3.06. The Labute approximate surface area is 151 Å². The van der Waals surface area contributed by atoms with E-state index in [9.17, 15) is 14.3 Å². The smallest absolute Gasteiger partial charge is 0.239 e. The Morgan fingerprint density at radius 3 is 3.00 bits per heavy atom. The van der Waals surface area contributed by atoms with Gasteiger partial charge in [-0.15, -0.1) is 0 Å². The van der Waals surface area contributed by atoms with Gasteiger partial charge < -0.3 is 15.2 Å². The topological polar surface area (TPSA) is 74.7 Å². The Balaban J connectivity index is 1.51. The van der Waals surface area contributed by atoms with E-state index < -0.39 is 5.60 Å². The molecule has 1 saturated heterocycles. The SMILES string of the molecule is O=C(CN1CCCC(O)(COc2cccc(F)c2)C1)Nc1ccccn1. The van der Waals surface area contributed by atoms with E-state index in [0.29, 0.717) is 24.5 Å². The number of piperidine rings is 1. The Kier molecular flexibility index (Phi) is 5.80. The number of hydrogen-bond donors (Lipinski definition) is 2. The molecule has 0 saturated carbocycles. The van der Waals surface area contributed by atoms with E-state index in [2.05, 4.69) is 10.3 Å². The molecule has 1 aromatic carbocycles. The zero-order valence-corrected chi connectivity index (χ0v) is 14.4. The van der Waals surface area contributed by atoms with E-state index in [-0.39, 0.29) is 24.9 Å². The van der Waals surface area contributed by atoms with Crippen LogP contribution in [0.2, 0.25) is 0 Å². The molecule has 1 amide bonds. The van der Waals surface area contributed by atoms with Gasteiger partial charge in [-0.2, -0.15) is 0 Å². The van der Waals surface area contributed by atoms with Gasteiger partial charge >= 0.3 is 0 Å². The van der Waals surface area contributed by atoms with E-state index in [1.54, 1.807) is 36.5 Å². The second-order valence-corrected chi connectivity index (χ2v) is 6.55. The number of likely N-dealkylation sites (tertiary alicyclic amines) is 1. The highest BCUT2D eigenvalue weighted by atomic mass is 19.1. The van der Waals surface area contributed by atoms with Gasteiger partial charge in [0, 0.05) is 18.8 Å². The second kappa shape index (κ2) is 8.25. The molecule has 0 aliphatic carbocycles. The number of nitrogens with zero attached hydrogens (tertiary/aromatic N) is 2. The average Bonchev–Trinajstić information content (AvgIpc) is 2.61. The molecule has 1 atom stereocenters. The predicted molar refractivity (Wildman–Crippen MR) is 95.4 cm³/mol. The van der Waals surface area contributed by atoms with Gasteiger partial charge in [-0.25, -0.2) is 9.37 Å². The van der Waals surface area contributed by atoms with Gasteiger partial charge in [0.1, 0.15) is 29.6 Å². The highest BCUT2D eigenvalue weighted by Gasteiger charge is 2.34. The minimum absolute atomic E-state index is 0.0504. The molecule has 1 aromatic heterocycles. The van der Waals surface area contributed by atoms with E-state index in [4.69, 9.17) is 4.74 Å². The van der Waals surface area contributed by atoms with E-state index >= 15 is 0 Å². The summed E-state index contributed by atoms with van der Waals surface area (Å²) in [5.41, 5.74) is -1.07. The standard InChI is InChI=1S/C19H22FN3O3/c20-15-5-3-6-16(11-15)26-14-19(25)8-4-10-23(13-19)12-18(24)22-17-7-1-2-9-21-17/h1-3,5-7,9,11,25H,4,8,10,12-14H2,(H,21,22,24). The van der Waals surface area contributed by atoms with Crippen LogP contribution in [0, 0.1) is 5.82 Å². The van der Waals surface area contributed by atoms with E-state index in [1.165, 1.54) is 12.1 Å². The molecular formula is C19H22FN3O3. The van der Waals surface area contributed by atoms with Crippen LogP contribution in [0.4, 0.5) is 10.2 Å². The monoisotopic (exact) mass is 359 g/mol. The van der Waals surface area contributed by atoms with Crippen LogP contribution in [0.3, 0.4) is 0 Å². The van der Waals surface area contributed by atoms with E-state index in [1.807, 2.05) is 4.90 Å². The van der Waals surface area contributed by atoms with Gasteiger partial charge in [0.15, 0.2) is 0 Å². The minimum atomic E-state index is -1.07. The third-order valence-corrected chi connectivity index (χ3v) is 4.24. The number of hydrogen-bond acceptors (Lipinski definition) is 5. The molecule has 0 spiro atoms. The molecule has 1 fully saturated rings. The maximum Gasteiger partial charge on any atom is 0.239 e. The molecule has 1 aliphatic rings. The van der Waals surface area contributed by atoms with Gasteiger partial charge in [0.25, 0.3) is 0 Å². The summed E-state index contributed by atoms with van der Waals surface area (Å²) >= 11 is 0. The highest BCUT2D eigenvalue weighted by Crippen LogP contribution is 2.23. The number of β-amino-alcohol motifs (C(OH)–C–C–N with tert-alkyl or cyclic N) is 1. The third kappa shape index (κ3) is 5.24. The van der Waals surface area contributed by atoms with Crippen molar-refractivity contribution in [2.24, 2.45) is 0 Å². The summed E-state index contributed by atoms with van der Waals surface area (Å²) in [5, 5.41) is 13.5. The van der Waals surface area contributed by atoms with Crippen molar-refractivity contribution >= 4 is 11.7 Å². The Morgan fingerprint density at radius 1 is 1.35 bits per heavy atom. The first-order valence-corrected chi connectivity index (χ1v) is 8.56. The van der Waals surface area contributed by atoms with Crippen molar-refractivity contribution in [1.29, 1.82) is 0 Å². The minimum Gasteiger partial charge on any atom is -0.490 e. The van der Waals surface area contributed by atoms with Crippen LogP contribution in [-0.4, -0.2) is 52.7 Å². The van der Waals surface area contributed by atoms with Crippen LogP contribution in [0.1, 0.15) is 12.8 Å². The largest absolute Gasteiger partial charge is 0.490 e. The lowest BCUT2D eigenvalue weighted by atomic mass is 9.93. The molecule has 138 valence electrons. The summed E-state index contributed by atoms with van der Waals surface area (Å²) in [7, 11) is 0. The van der Waals surface area contributed by atoms with Gasteiger partial charge in [0.2, 0.25) is 5.91 Å². The Morgan fingerprint density at radius 2 is 2.23 bits per heavy atom. The molecule has 2 aromatic rings. The lowest BCUT2D eigenvalue weighted by Gasteiger charge is -2.38. The van der Waals surface area contributed by atoms with Crippen molar-refractivity contribution in [3.8, 4) is 5.75 Å². The number of anilines is 1. The quantitative estimate of drug-likeness (QED) is 0.826. The van der Waals surface area contributed by atoms with Crippen molar-refractivity contribution in [3.05, 3.63) is 54.5 Å². The van der Waals surface area contributed by atoms with Crippen molar-refractivity contribution in [1.82, 2.24) is 9.88 Å². The zero-order valence-electron chi connectivity index (χ0n) is 14.4. The number of ether oxygens (including phenoxy) is 1. The van der Waals surface area contributed by atoms with Crippen molar-refractivity contribution in [2.45, 2.75) is 18.4 Å². The lowest BCUT2D eigenvalue weighted by Crippen LogP contribution is -2.53. The van der Waals surface area contributed by atoms with Crippen molar-refractivity contribution < 1.29 is 19.0 Å². The van der Waals surface area contributed by atoms with Gasteiger partial charge in [-0.05, 0) is 43.7 Å². The summed E-state index contributed by atoms with van der Waals surface area (Å²) in [5.74, 6) is 0.313. The van der Waals surface area contributed by atoms with Crippen LogP contribution >= 0.6 is 0 Å². The summed E-state index contributed by atoms with van der Waals surface area (Å²) < 4.78 is 18.8. The second-order valence-electron chi connectivity index (χ2n) is 6.55. The molecule has 2 N–H and O–H groups in total. The molecule has 7 heteroatoms. The molecule has 26 heavy (non-hydrogen) atoms. The fraction of sp³-hybridized carbons (Fsp3) is 0.368. The number of benzene rings is 1.